The van der Waals surface area contributed by atoms with Crippen molar-refractivity contribution in [2.45, 2.75) is 193 Å². The van der Waals surface area contributed by atoms with Crippen LogP contribution >= 0.6 is 0 Å². The van der Waals surface area contributed by atoms with E-state index in [0.717, 1.165) is 103 Å². The van der Waals surface area contributed by atoms with Crippen LogP contribution < -0.4 is 0 Å². The Bertz CT molecular complexity index is 576. The van der Waals surface area contributed by atoms with Gasteiger partial charge in [-0.2, -0.15) is 0 Å². The smallest absolute Gasteiger partial charge is 0.303 e. The lowest BCUT2D eigenvalue weighted by molar-refractivity contribution is -0.138. The number of rotatable bonds is 30. The molecule has 0 aliphatic rings. The van der Waals surface area contributed by atoms with Gasteiger partial charge in [-0.25, -0.2) is 0 Å². The Kier molecular flexibility index (Phi) is 35.9. The summed E-state index contributed by atoms with van der Waals surface area (Å²) >= 11 is 0. The van der Waals surface area contributed by atoms with E-state index in [1.54, 1.807) is 0 Å². The molecule has 248 valence electrons. The Morgan fingerprint density at radius 2 is 0.810 bits per heavy atom. The minimum atomic E-state index is -0.689. The average Bonchev–Trinajstić information content (AvgIpc) is 2.95. The zero-order valence-electron chi connectivity index (χ0n) is 27.5. The molecule has 0 rings (SSSR count). The van der Waals surface area contributed by atoms with Crippen molar-refractivity contribution in [2.75, 3.05) is 0 Å². The van der Waals surface area contributed by atoms with Gasteiger partial charge in [-0.1, -0.05) is 128 Å². The van der Waals surface area contributed by atoms with Gasteiger partial charge in [0.2, 0.25) is 0 Å². The summed E-state index contributed by atoms with van der Waals surface area (Å²) in [6.07, 6.45) is 34.7. The number of aliphatic carboxylic acids is 2. The largest absolute Gasteiger partial charge is 0.481 e. The van der Waals surface area contributed by atoms with E-state index in [9.17, 15) is 19.8 Å². The van der Waals surface area contributed by atoms with Crippen molar-refractivity contribution >= 4 is 11.9 Å². The maximum absolute atomic E-state index is 10.3. The lowest BCUT2D eigenvalue weighted by Crippen LogP contribution is -2.04. The molecule has 6 nitrogen and oxygen atoms in total. The van der Waals surface area contributed by atoms with Gasteiger partial charge in [0.1, 0.15) is 0 Å². The minimum Gasteiger partial charge on any atom is -0.481 e. The molecule has 0 aromatic carbocycles. The minimum absolute atomic E-state index is 0.172. The second kappa shape index (κ2) is 35.5. The number of carbonyl (C=O) groups is 2. The molecule has 0 heterocycles. The van der Waals surface area contributed by atoms with Crippen LogP contribution in [0.3, 0.4) is 0 Å². The predicted octanol–water partition coefficient (Wildman–Crippen LogP) is 10.2. The lowest BCUT2D eigenvalue weighted by Gasteiger charge is -2.07. The van der Waals surface area contributed by atoms with Crippen LogP contribution in [0.4, 0.5) is 0 Å². The molecule has 0 unspecified atom stereocenters. The van der Waals surface area contributed by atoms with Crippen LogP contribution in [0.2, 0.25) is 0 Å². The van der Waals surface area contributed by atoms with E-state index in [1.165, 1.54) is 51.4 Å². The molecule has 2 atom stereocenters. The number of aliphatic hydroxyl groups is 2. The first-order chi connectivity index (χ1) is 20.3. The van der Waals surface area contributed by atoms with Crippen LogP contribution in [0.25, 0.3) is 0 Å². The fourth-order valence-electron chi connectivity index (χ4n) is 4.73. The second-order valence-electron chi connectivity index (χ2n) is 11.8. The maximum Gasteiger partial charge on any atom is 0.303 e. The van der Waals surface area contributed by atoms with Gasteiger partial charge in [0.15, 0.2) is 0 Å². The molecule has 0 amide bonds. The van der Waals surface area contributed by atoms with E-state index in [2.05, 4.69) is 38.2 Å². The van der Waals surface area contributed by atoms with Crippen molar-refractivity contribution in [3.8, 4) is 0 Å². The van der Waals surface area contributed by atoms with E-state index >= 15 is 0 Å². The average molecular weight is 597 g/mol. The topological polar surface area (TPSA) is 115 Å². The summed E-state index contributed by atoms with van der Waals surface area (Å²) in [7, 11) is 0. The maximum atomic E-state index is 10.3. The van der Waals surface area contributed by atoms with Crippen LogP contribution in [-0.2, 0) is 9.59 Å². The number of allylic oxidation sites excluding steroid dienone is 2. The third-order valence-corrected chi connectivity index (χ3v) is 7.45. The third-order valence-electron chi connectivity index (χ3n) is 7.45. The lowest BCUT2D eigenvalue weighted by atomic mass is 10.1. The van der Waals surface area contributed by atoms with Gasteiger partial charge in [-0.15, -0.1) is 0 Å². The highest BCUT2D eigenvalue weighted by molar-refractivity contribution is 5.66. The van der Waals surface area contributed by atoms with Crippen LogP contribution in [0.15, 0.2) is 24.3 Å². The normalized spacial score (nSPS) is 12.9. The van der Waals surface area contributed by atoms with E-state index in [-0.39, 0.29) is 12.2 Å². The standard InChI is InChI=1S/2C18H34O3/c2*1-2-3-4-11-14-17(19)15-12-9-7-5-6-8-10-13-16-18(20)21/h2*9,12,17,19H,2-8,10-11,13-16H2,1H3,(H,20,21)/b2*12-9-/t2*17-/m11/s1. The summed E-state index contributed by atoms with van der Waals surface area (Å²) in [4.78, 5) is 20.7. The van der Waals surface area contributed by atoms with Gasteiger partial charge in [-0.3, -0.25) is 9.59 Å². The molecule has 0 aliphatic heterocycles. The van der Waals surface area contributed by atoms with E-state index in [0.29, 0.717) is 12.8 Å². The molecule has 0 spiro atoms. The SMILES string of the molecule is CCCCCC[C@@H](O)C/C=C\CCCCCCCC(=O)O.CCCCCC[C@@H](O)C/C=C\CCCCCCCC(=O)O. The van der Waals surface area contributed by atoms with Gasteiger partial charge < -0.3 is 20.4 Å². The van der Waals surface area contributed by atoms with Crippen molar-refractivity contribution in [3.63, 3.8) is 0 Å². The molecule has 0 fully saturated rings. The summed E-state index contributed by atoms with van der Waals surface area (Å²) < 4.78 is 0. The fourth-order valence-corrected chi connectivity index (χ4v) is 4.73. The van der Waals surface area contributed by atoms with E-state index in [1.807, 2.05) is 0 Å². The Labute approximate surface area is 259 Å². The van der Waals surface area contributed by atoms with Crippen molar-refractivity contribution < 1.29 is 30.0 Å². The molecule has 4 N–H and O–H groups in total. The highest BCUT2D eigenvalue weighted by atomic mass is 16.4. The second-order valence-corrected chi connectivity index (χ2v) is 11.8. The van der Waals surface area contributed by atoms with Crippen molar-refractivity contribution in [3.05, 3.63) is 24.3 Å². The number of hydrogen-bond donors (Lipinski definition) is 4. The predicted molar refractivity (Wildman–Crippen MR) is 177 cm³/mol. The van der Waals surface area contributed by atoms with E-state index in [4.69, 9.17) is 10.2 Å². The summed E-state index contributed by atoms with van der Waals surface area (Å²) in [5, 5.41) is 36.6. The zero-order chi connectivity index (χ0) is 31.5. The molecular weight excluding hydrogens is 528 g/mol. The van der Waals surface area contributed by atoms with Crippen LogP contribution in [0, 0.1) is 0 Å². The van der Waals surface area contributed by atoms with Gasteiger partial charge in [0.25, 0.3) is 0 Å². The van der Waals surface area contributed by atoms with Gasteiger partial charge in [0, 0.05) is 12.8 Å². The quantitative estimate of drug-likeness (QED) is 0.0484. The van der Waals surface area contributed by atoms with Gasteiger partial charge in [0.05, 0.1) is 12.2 Å². The Hall–Kier alpha value is -1.66. The van der Waals surface area contributed by atoms with E-state index < -0.39 is 11.9 Å². The van der Waals surface area contributed by atoms with Gasteiger partial charge >= 0.3 is 11.9 Å². The van der Waals surface area contributed by atoms with Crippen LogP contribution in [0.5, 0.6) is 0 Å². The van der Waals surface area contributed by atoms with Crippen molar-refractivity contribution in [1.29, 1.82) is 0 Å². The van der Waals surface area contributed by atoms with Gasteiger partial charge in [-0.05, 0) is 64.2 Å². The Morgan fingerprint density at radius 1 is 0.476 bits per heavy atom. The number of carboxylic acid groups (broad SMARTS) is 2. The fraction of sp³-hybridized carbons (Fsp3) is 0.833. The molecule has 0 aliphatic carbocycles. The monoisotopic (exact) mass is 597 g/mol. The molecule has 42 heavy (non-hydrogen) atoms. The highest BCUT2D eigenvalue weighted by Gasteiger charge is 2.02. The number of hydrogen-bond acceptors (Lipinski definition) is 4. The molecular formula is C36H68O6. The highest BCUT2D eigenvalue weighted by Crippen LogP contribution is 2.12. The molecule has 0 saturated heterocycles. The van der Waals surface area contributed by atoms with Crippen molar-refractivity contribution in [1.82, 2.24) is 0 Å². The first kappa shape index (κ1) is 42.5. The zero-order valence-corrected chi connectivity index (χ0v) is 27.5. The summed E-state index contributed by atoms with van der Waals surface area (Å²) in [6.45, 7) is 4.40. The molecule has 0 saturated carbocycles. The van der Waals surface area contributed by atoms with Crippen molar-refractivity contribution in [2.24, 2.45) is 0 Å². The summed E-state index contributed by atoms with van der Waals surface area (Å²) in [5.74, 6) is -1.38. The van der Waals surface area contributed by atoms with Crippen LogP contribution in [-0.4, -0.2) is 44.6 Å². The first-order valence-corrected chi connectivity index (χ1v) is 17.4. The molecule has 0 radical (unpaired) electrons. The Balaban J connectivity index is 0. The summed E-state index contributed by atoms with van der Waals surface area (Å²) in [5.41, 5.74) is 0. The molecule has 0 aromatic heterocycles. The first-order valence-electron chi connectivity index (χ1n) is 17.4. The number of aliphatic hydroxyl groups excluding tert-OH is 2. The number of unbranched alkanes of at least 4 members (excludes halogenated alkanes) is 16. The number of carboxylic acids is 2. The third kappa shape index (κ3) is 40.5. The Morgan fingerprint density at radius 3 is 1.17 bits per heavy atom. The summed E-state index contributed by atoms with van der Waals surface area (Å²) in [6, 6.07) is 0. The van der Waals surface area contributed by atoms with Crippen LogP contribution in [0.1, 0.15) is 181 Å². The molecule has 6 heteroatoms. The molecule has 0 aromatic rings. The molecule has 0 bridgehead atoms.